The molecule has 1 aromatic rings. The van der Waals surface area contributed by atoms with Gasteiger partial charge < -0.3 is 9.64 Å². The van der Waals surface area contributed by atoms with E-state index in [0.29, 0.717) is 18.9 Å². The number of hydrogen-bond donors (Lipinski definition) is 0. The number of aliphatic imine (C=N–C) groups is 1. The highest BCUT2D eigenvalue weighted by atomic mass is 79.9. The van der Waals surface area contributed by atoms with Crippen molar-refractivity contribution in [3.63, 3.8) is 0 Å². The van der Waals surface area contributed by atoms with E-state index >= 15 is 0 Å². The van der Waals surface area contributed by atoms with E-state index in [9.17, 15) is 4.79 Å². The molecule has 1 heterocycles. The average Bonchev–Trinajstić information content (AvgIpc) is 2.31. The van der Waals surface area contributed by atoms with E-state index in [1.807, 2.05) is 18.2 Å². The largest absolute Gasteiger partial charge is 0.378 e. The summed E-state index contributed by atoms with van der Waals surface area (Å²) in [6, 6.07) is 5.70. The van der Waals surface area contributed by atoms with Gasteiger partial charge in [0, 0.05) is 17.6 Å². The fourth-order valence-electron chi connectivity index (χ4n) is 1.71. The van der Waals surface area contributed by atoms with Crippen molar-refractivity contribution < 1.29 is 9.53 Å². The first-order chi connectivity index (χ1) is 7.81. The van der Waals surface area contributed by atoms with Crippen molar-refractivity contribution in [2.24, 2.45) is 4.99 Å². The molecule has 1 saturated heterocycles. The zero-order valence-corrected chi connectivity index (χ0v) is 10.2. The molecule has 0 N–H and O–H groups in total. The number of morpholine rings is 1. The molecule has 0 radical (unpaired) electrons. The van der Waals surface area contributed by atoms with Crippen LogP contribution in [0.5, 0.6) is 0 Å². The minimum atomic E-state index is 0.645. The lowest BCUT2D eigenvalue weighted by Gasteiger charge is -2.29. The van der Waals surface area contributed by atoms with Crippen LogP contribution in [0.1, 0.15) is 0 Å². The number of isocyanates is 1. The second-order valence-corrected chi connectivity index (χ2v) is 4.35. The van der Waals surface area contributed by atoms with Gasteiger partial charge in [-0.05, 0) is 18.2 Å². The normalized spacial score (nSPS) is 15.7. The van der Waals surface area contributed by atoms with E-state index in [4.69, 9.17) is 4.74 Å². The average molecular weight is 283 g/mol. The topological polar surface area (TPSA) is 41.9 Å². The number of anilines is 1. The van der Waals surface area contributed by atoms with Gasteiger partial charge in [-0.2, -0.15) is 4.99 Å². The highest BCUT2D eigenvalue weighted by Crippen LogP contribution is 2.31. The molecule has 1 aliphatic rings. The number of carbonyl (C=O) groups excluding carboxylic acids is 1. The molecule has 16 heavy (non-hydrogen) atoms. The molecule has 0 amide bonds. The summed E-state index contributed by atoms with van der Waals surface area (Å²) in [5.41, 5.74) is 1.60. The number of benzene rings is 1. The smallest absolute Gasteiger partial charge is 0.240 e. The Hall–Kier alpha value is -1.16. The van der Waals surface area contributed by atoms with Crippen molar-refractivity contribution in [3.8, 4) is 0 Å². The summed E-state index contributed by atoms with van der Waals surface area (Å²) in [4.78, 5) is 16.3. The quantitative estimate of drug-likeness (QED) is 0.617. The third kappa shape index (κ3) is 2.50. The van der Waals surface area contributed by atoms with Crippen LogP contribution in [-0.2, 0) is 9.53 Å². The molecule has 0 spiro atoms. The first-order valence-corrected chi connectivity index (χ1v) is 5.80. The minimum Gasteiger partial charge on any atom is -0.378 e. The van der Waals surface area contributed by atoms with Gasteiger partial charge in [0.1, 0.15) is 5.69 Å². The van der Waals surface area contributed by atoms with E-state index in [2.05, 4.69) is 25.8 Å². The molecule has 2 rings (SSSR count). The number of rotatable bonds is 2. The van der Waals surface area contributed by atoms with E-state index < -0.39 is 0 Å². The number of halogens is 1. The van der Waals surface area contributed by atoms with E-state index in [-0.39, 0.29) is 0 Å². The minimum absolute atomic E-state index is 0.645. The summed E-state index contributed by atoms with van der Waals surface area (Å²) in [5.74, 6) is 0. The Morgan fingerprint density at radius 1 is 1.38 bits per heavy atom. The van der Waals surface area contributed by atoms with Gasteiger partial charge in [0.2, 0.25) is 6.08 Å². The van der Waals surface area contributed by atoms with E-state index in [1.165, 1.54) is 0 Å². The second-order valence-electron chi connectivity index (χ2n) is 3.44. The van der Waals surface area contributed by atoms with Gasteiger partial charge in [-0.25, -0.2) is 4.79 Å². The molecule has 5 heteroatoms. The summed E-state index contributed by atoms with van der Waals surface area (Å²) < 4.78 is 6.19. The van der Waals surface area contributed by atoms with Gasteiger partial charge in [0.25, 0.3) is 0 Å². The molecular formula is C11H11BrN2O2. The van der Waals surface area contributed by atoms with Crippen molar-refractivity contribution in [2.75, 3.05) is 31.2 Å². The van der Waals surface area contributed by atoms with Crippen LogP contribution in [0.2, 0.25) is 0 Å². The first kappa shape index (κ1) is 11.3. The van der Waals surface area contributed by atoms with Crippen molar-refractivity contribution >= 4 is 33.4 Å². The molecule has 0 saturated carbocycles. The number of ether oxygens (including phenoxy) is 1. The van der Waals surface area contributed by atoms with Crippen LogP contribution in [0.25, 0.3) is 0 Å². The summed E-state index contributed by atoms with van der Waals surface area (Å²) in [5, 5.41) is 0. The van der Waals surface area contributed by atoms with Gasteiger partial charge in [-0.1, -0.05) is 15.9 Å². The predicted octanol–water partition coefficient (Wildman–Crippen LogP) is 2.25. The molecule has 0 aromatic heterocycles. The number of nitrogens with zero attached hydrogens (tertiary/aromatic N) is 2. The van der Waals surface area contributed by atoms with Gasteiger partial charge in [0.15, 0.2) is 0 Å². The second kappa shape index (κ2) is 5.25. The monoisotopic (exact) mass is 282 g/mol. The lowest BCUT2D eigenvalue weighted by atomic mass is 10.2. The Bertz CT molecular complexity index is 424. The highest BCUT2D eigenvalue weighted by molar-refractivity contribution is 9.10. The molecule has 1 aliphatic heterocycles. The van der Waals surface area contributed by atoms with Gasteiger partial charge >= 0.3 is 0 Å². The van der Waals surface area contributed by atoms with Crippen molar-refractivity contribution in [1.29, 1.82) is 0 Å². The maximum atomic E-state index is 10.4. The first-order valence-electron chi connectivity index (χ1n) is 5.01. The SMILES string of the molecule is O=C=Nc1cc(Br)ccc1N1CCOCC1. The fourth-order valence-corrected chi connectivity index (χ4v) is 2.06. The zero-order valence-electron chi connectivity index (χ0n) is 8.65. The Balaban J connectivity index is 2.34. The number of hydrogen-bond acceptors (Lipinski definition) is 4. The van der Waals surface area contributed by atoms with Crippen molar-refractivity contribution in [3.05, 3.63) is 22.7 Å². The third-order valence-electron chi connectivity index (χ3n) is 2.46. The van der Waals surface area contributed by atoms with E-state index in [1.54, 1.807) is 6.08 Å². The summed E-state index contributed by atoms with van der Waals surface area (Å²) in [7, 11) is 0. The molecule has 0 aliphatic carbocycles. The van der Waals surface area contributed by atoms with Crippen molar-refractivity contribution in [1.82, 2.24) is 0 Å². The maximum Gasteiger partial charge on any atom is 0.240 e. The molecule has 0 bridgehead atoms. The Morgan fingerprint density at radius 3 is 2.81 bits per heavy atom. The van der Waals surface area contributed by atoms with E-state index in [0.717, 1.165) is 23.2 Å². The molecule has 84 valence electrons. The highest BCUT2D eigenvalue weighted by Gasteiger charge is 2.14. The third-order valence-corrected chi connectivity index (χ3v) is 2.95. The Morgan fingerprint density at radius 2 is 2.12 bits per heavy atom. The molecule has 0 atom stereocenters. The van der Waals surface area contributed by atoms with Crippen LogP contribution in [0.15, 0.2) is 27.7 Å². The van der Waals surface area contributed by atoms with Crippen LogP contribution in [-0.4, -0.2) is 32.4 Å². The van der Waals surface area contributed by atoms with Gasteiger partial charge in [-0.15, -0.1) is 0 Å². The van der Waals surface area contributed by atoms with Crippen LogP contribution in [0.3, 0.4) is 0 Å². The van der Waals surface area contributed by atoms with Crippen LogP contribution < -0.4 is 4.90 Å². The molecular weight excluding hydrogens is 272 g/mol. The molecule has 1 aromatic carbocycles. The van der Waals surface area contributed by atoms with Gasteiger partial charge in [-0.3, -0.25) is 0 Å². The lowest BCUT2D eigenvalue weighted by molar-refractivity contribution is 0.123. The standard InChI is InChI=1S/C11H11BrN2O2/c12-9-1-2-11(10(7-9)13-8-15)14-3-5-16-6-4-14/h1-2,7H,3-6H2. The Labute approximate surface area is 102 Å². The molecule has 4 nitrogen and oxygen atoms in total. The van der Waals surface area contributed by atoms with Crippen LogP contribution in [0, 0.1) is 0 Å². The van der Waals surface area contributed by atoms with Gasteiger partial charge in [0.05, 0.1) is 18.9 Å². The summed E-state index contributed by atoms with van der Waals surface area (Å²) in [6.07, 6.45) is 1.59. The van der Waals surface area contributed by atoms with Crippen LogP contribution in [0.4, 0.5) is 11.4 Å². The summed E-state index contributed by atoms with van der Waals surface area (Å²) >= 11 is 3.36. The predicted molar refractivity (Wildman–Crippen MR) is 65.0 cm³/mol. The Kier molecular flexibility index (Phi) is 3.72. The summed E-state index contributed by atoms with van der Waals surface area (Å²) in [6.45, 7) is 3.06. The van der Waals surface area contributed by atoms with Crippen LogP contribution >= 0.6 is 15.9 Å². The molecule has 1 fully saturated rings. The zero-order chi connectivity index (χ0) is 11.4. The lowest BCUT2D eigenvalue weighted by Crippen LogP contribution is -2.36. The van der Waals surface area contributed by atoms with Crippen molar-refractivity contribution in [2.45, 2.75) is 0 Å². The molecule has 0 unspecified atom stereocenters. The fraction of sp³-hybridized carbons (Fsp3) is 0.364. The maximum absolute atomic E-state index is 10.4.